The van der Waals surface area contributed by atoms with E-state index in [-0.39, 0.29) is 11.5 Å². The molecule has 24 heavy (non-hydrogen) atoms. The van der Waals surface area contributed by atoms with Crippen molar-refractivity contribution in [3.63, 3.8) is 0 Å². The number of amides is 1. The number of benzene rings is 1. The molecule has 1 aromatic carbocycles. The number of aliphatic hydroxyl groups is 1. The normalized spacial score (nSPS) is 18.2. The van der Waals surface area contributed by atoms with Crippen LogP contribution in [-0.2, 0) is 10.3 Å². The zero-order valence-corrected chi connectivity index (χ0v) is 15.5. The molecule has 1 aromatic rings. The fourth-order valence-corrected chi connectivity index (χ4v) is 3.15. The van der Waals surface area contributed by atoms with Gasteiger partial charge in [-0.2, -0.15) is 0 Å². The predicted octanol–water partition coefficient (Wildman–Crippen LogP) is 3.71. The molecule has 0 saturated heterocycles. The molecule has 130 valence electrons. The monoisotopic (exact) mass is 397 g/mol. The number of hydrogen-bond acceptors (Lipinski definition) is 3. The van der Waals surface area contributed by atoms with E-state index in [0.717, 1.165) is 12.8 Å². The molecule has 2 atom stereocenters. The smallest absolute Gasteiger partial charge is 0.408 e. The number of rotatable bonds is 4. The SMILES string of the molecule is C#CC(O)[C@](NC(=O)OC(C)(C)C)(c1cc(Br)ccc1F)C1CC1. The van der Waals surface area contributed by atoms with Gasteiger partial charge in [-0.1, -0.05) is 21.9 Å². The maximum absolute atomic E-state index is 14.5. The second-order valence-corrected chi connectivity index (χ2v) is 7.88. The summed E-state index contributed by atoms with van der Waals surface area (Å²) in [5, 5.41) is 13.2. The number of halogens is 2. The zero-order chi connectivity index (χ0) is 18.1. The Labute approximate surface area is 149 Å². The highest BCUT2D eigenvalue weighted by Crippen LogP contribution is 2.49. The molecule has 6 heteroatoms. The largest absolute Gasteiger partial charge is 0.444 e. The predicted molar refractivity (Wildman–Crippen MR) is 92.7 cm³/mol. The van der Waals surface area contributed by atoms with Crippen molar-refractivity contribution in [1.82, 2.24) is 5.32 Å². The fraction of sp³-hybridized carbons (Fsp3) is 0.500. The number of hydrogen-bond donors (Lipinski definition) is 2. The van der Waals surface area contributed by atoms with Gasteiger partial charge in [0.1, 0.15) is 23.1 Å². The van der Waals surface area contributed by atoms with Crippen molar-refractivity contribution in [1.29, 1.82) is 0 Å². The summed E-state index contributed by atoms with van der Waals surface area (Å²) < 4.78 is 20.5. The molecule has 1 fully saturated rings. The molecule has 2 N–H and O–H groups in total. The second-order valence-electron chi connectivity index (χ2n) is 6.96. The first-order valence-electron chi connectivity index (χ1n) is 7.71. The Morgan fingerprint density at radius 1 is 1.50 bits per heavy atom. The van der Waals surface area contributed by atoms with Crippen LogP contribution in [0.5, 0.6) is 0 Å². The lowest BCUT2D eigenvalue weighted by atomic mass is 9.79. The standard InChI is InChI=1S/C18H21BrFNO3/c1-5-15(22)18(11-6-7-11,21-16(23)24-17(2,3)4)13-10-12(19)8-9-14(13)20/h1,8-11,15,22H,6-7H2,2-4H3,(H,21,23)/t15?,18-/m1/s1. The minimum atomic E-state index is -1.43. The van der Waals surface area contributed by atoms with Crippen LogP contribution in [0.2, 0.25) is 0 Å². The average molecular weight is 398 g/mol. The Morgan fingerprint density at radius 2 is 2.12 bits per heavy atom. The number of terminal acetylenes is 1. The topological polar surface area (TPSA) is 58.6 Å². The minimum Gasteiger partial charge on any atom is -0.444 e. The van der Waals surface area contributed by atoms with Crippen molar-refractivity contribution in [3.05, 3.63) is 34.1 Å². The van der Waals surface area contributed by atoms with E-state index >= 15 is 0 Å². The number of ether oxygens (including phenoxy) is 1. The lowest BCUT2D eigenvalue weighted by Crippen LogP contribution is -2.56. The van der Waals surface area contributed by atoms with Crippen LogP contribution in [0.1, 0.15) is 39.2 Å². The van der Waals surface area contributed by atoms with E-state index in [4.69, 9.17) is 11.2 Å². The lowest BCUT2D eigenvalue weighted by molar-refractivity contribution is 0.0257. The highest BCUT2D eigenvalue weighted by atomic mass is 79.9. The maximum Gasteiger partial charge on any atom is 0.408 e. The van der Waals surface area contributed by atoms with Crippen molar-refractivity contribution in [3.8, 4) is 12.3 Å². The Morgan fingerprint density at radius 3 is 2.62 bits per heavy atom. The molecule has 1 saturated carbocycles. The highest BCUT2D eigenvalue weighted by Gasteiger charge is 2.54. The molecule has 1 aliphatic carbocycles. The Balaban J connectivity index is 2.51. The van der Waals surface area contributed by atoms with Gasteiger partial charge in [-0.05, 0) is 57.7 Å². The third-order valence-corrected chi connectivity index (χ3v) is 4.39. The molecule has 1 amide bonds. The van der Waals surface area contributed by atoms with Gasteiger partial charge in [0.2, 0.25) is 0 Å². The minimum absolute atomic E-state index is 0.149. The van der Waals surface area contributed by atoms with E-state index < -0.39 is 29.2 Å². The van der Waals surface area contributed by atoms with E-state index in [1.165, 1.54) is 12.1 Å². The zero-order valence-electron chi connectivity index (χ0n) is 13.9. The Hall–Kier alpha value is -1.58. The molecule has 2 rings (SSSR count). The summed E-state index contributed by atoms with van der Waals surface area (Å²) in [5.74, 6) is 1.53. The van der Waals surface area contributed by atoms with Gasteiger partial charge < -0.3 is 15.2 Å². The van der Waals surface area contributed by atoms with Crippen LogP contribution in [0.25, 0.3) is 0 Å². The van der Waals surface area contributed by atoms with Crippen LogP contribution in [0, 0.1) is 24.1 Å². The maximum atomic E-state index is 14.5. The van der Waals surface area contributed by atoms with Crippen LogP contribution < -0.4 is 5.32 Å². The fourth-order valence-electron chi connectivity index (χ4n) is 2.79. The van der Waals surface area contributed by atoms with Crippen LogP contribution in [0.15, 0.2) is 22.7 Å². The summed E-state index contributed by atoms with van der Waals surface area (Å²) in [7, 11) is 0. The third kappa shape index (κ3) is 3.90. The molecule has 0 aromatic heterocycles. The molecule has 0 bridgehead atoms. The van der Waals surface area contributed by atoms with Crippen LogP contribution in [0.4, 0.5) is 9.18 Å². The number of nitrogens with one attached hydrogen (secondary N) is 1. The molecule has 0 spiro atoms. The molecule has 4 nitrogen and oxygen atoms in total. The molecule has 1 unspecified atom stereocenters. The van der Waals surface area contributed by atoms with Crippen molar-refractivity contribution in [2.24, 2.45) is 5.92 Å². The summed E-state index contributed by atoms with van der Waals surface area (Å²) in [6.07, 6.45) is 4.74. The first-order valence-corrected chi connectivity index (χ1v) is 8.50. The number of aliphatic hydroxyl groups excluding tert-OH is 1. The van der Waals surface area contributed by atoms with Crippen molar-refractivity contribution in [2.45, 2.75) is 50.9 Å². The third-order valence-electron chi connectivity index (χ3n) is 3.89. The van der Waals surface area contributed by atoms with Gasteiger partial charge in [0.15, 0.2) is 0 Å². The number of carbonyl (C=O) groups is 1. The van der Waals surface area contributed by atoms with Crippen molar-refractivity contribution < 1.29 is 19.0 Å². The van der Waals surface area contributed by atoms with Gasteiger partial charge in [-0.15, -0.1) is 6.42 Å². The van der Waals surface area contributed by atoms with E-state index in [1.807, 2.05) is 0 Å². The second kappa shape index (κ2) is 6.73. The van der Waals surface area contributed by atoms with Gasteiger partial charge in [0.25, 0.3) is 0 Å². The van der Waals surface area contributed by atoms with E-state index in [2.05, 4.69) is 27.2 Å². The quantitative estimate of drug-likeness (QED) is 0.761. The van der Waals surface area contributed by atoms with Crippen molar-refractivity contribution in [2.75, 3.05) is 0 Å². The van der Waals surface area contributed by atoms with Crippen LogP contribution >= 0.6 is 15.9 Å². The summed E-state index contributed by atoms with van der Waals surface area (Å²) in [4.78, 5) is 12.3. The highest BCUT2D eigenvalue weighted by molar-refractivity contribution is 9.10. The molecular weight excluding hydrogens is 377 g/mol. The van der Waals surface area contributed by atoms with Gasteiger partial charge in [0.05, 0.1) is 0 Å². The first-order chi connectivity index (χ1) is 11.1. The lowest BCUT2D eigenvalue weighted by Gasteiger charge is -2.38. The molecule has 1 aliphatic rings. The van der Waals surface area contributed by atoms with Crippen molar-refractivity contribution >= 4 is 22.0 Å². The molecular formula is C18H21BrFNO3. The van der Waals surface area contributed by atoms with Crippen LogP contribution in [0.3, 0.4) is 0 Å². The van der Waals surface area contributed by atoms with Gasteiger partial charge in [0, 0.05) is 10.0 Å². The van der Waals surface area contributed by atoms with Gasteiger partial charge in [-0.3, -0.25) is 0 Å². The molecule has 0 heterocycles. The Bertz CT molecular complexity index is 676. The Kier molecular flexibility index (Phi) is 5.26. The average Bonchev–Trinajstić information content (AvgIpc) is 3.29. The molecule has 0 aliphatic heterocycles. The summed E-state index contributed by atoms with van der Waals surface area (Å²) in [6.45, 7) is 5.17. The number of carbonyl (C=O) groups excluding carboxylic acids is 1. The van der Waals surface area contributed by atoms with Gasteiger partial charge >= 0.3 is 6.09 Å². The summed E-state index contributed by atoms with van der Waals surface area (Å²) in [5.41, 5.74) is -2.00. The van der Waals surface area contributed by atoms with Gasteiger partial charge in [-0.25, -0.2) is 9.18 Å². The first kappa shape index (κ1) is 18.8. The molecule has 0 radical (unpaired) electrons. The summed E-state index contributed by atoms with van der Waals surface area (Å²) >= 11 is 3.30. The number of alkyl carbamates (subject to hydrolysis) is 1. The van der Waals surface area contributed by atoms with E-state index in [9.17, 15) is 14.3 Å². The summed E-state index contributed by atoms with van der Waals surface area (Å²) in [6, 6.07) is 4.36. The van der Waals surface area contributed by atoms with Crippen LogP contribution in [-0.4, -0.2) is 22.9 Å². The van der Waals surface area contributed by atoms with E-state index in [1.54, 1.807) is 26.8 Å². The van der Waals surface area contributed by atoms with E-state index in [0.29, 0.717) is 4.47 Å².